The van der Waals surface area contributed by atoms with E-state index in [-0.39, 0.29) is 17.3 Å². The van der Waals surface area contributed by atoms with E-state index in [1.807, 2.05) is 25.7 Å². The molecule has 0 spiro atoms. The highest BCUT2D eigenvalue weighted by Crippen LogP contribution is 2.25. The largest absolute Gasteiger partial charge is 0.444 e. The molecule has 0 aliphatic carbocycles. The van der Waals surface area contributed by atoms with Gasteiger partial charge in [-0.25, -0.2) is 13.6 Å². The van der Waals surface area contributed by atoms with E-state index in [9.17, 15) is 18.4 Å². The minimum atomic E-state index is -0.674. The Morgan fingerprint density at radius 3 is 2.26 bits per heavy atom. The Morgan fingerprint density at radius 2 is 1.68 bits per heavy atom. The van der Waals surface area contributed by atoms with Crippen molar-refractivity contribution in [3.63, 3.8) is 0 Å². The van der Waals surface area contributed by atoms with E-state index < -0.39 is 23.1 Å². The van der Waals surface area contributed by atoms with Crippen molar-refractivity contribution in [2.45, 2.75) is 26.4 Å². The second-order valence-corrected chi connectivity index (χ2v) is 9.11. The molecule has 0 aromatic heterocycles. The van der Waals surface area contributed by atoms with E-state index in [2.05, 4.69) is 21.2 Å². The second kappa shape index (κ2) is 9.21. The van der Waals surface area contributed by atoms with Gasteiger partial charge in [0.1, 0.15) is 17.2 Å². The van der Waals surface area contributed by atoms with Crippen LogP contribution in [0.15, 0.2) is 40.9 Å². The fourth-order valence-electron chi connectivity index (χ4n) is 3.17. The number of anilines is 2. The predicted molar refractivity (Wildman–Crippen MR) is 118 cm³/mol. The maximum absolute atomic E-state index is 14.7. The molecule has 3 rings (SSSR count). The minimum Gasteiger partial charge on any atom is -0.444 e. The molecule has 1 fully saturated rings. The van der Waals surface area contributed by atoms with E-state index in [4.69, 9.17) is 4.74 Å². The van der Waals surface area contributed by atoms with Crippen molar-refractivity contribution in [1.82, 2.24) is 4.90 Å². The highest BCUT2D eigenvalue weighted by Gasteiger charge is 2.27. The molecule has 1 aliphatic rings. The van der Waals surface area contributed by atoms with Crippen molar-refractivity contribution < 1.29 is 23.1 Å². The van der Waals surface area contributed by atoms with Crippen LogP contribution in [0, 0.1) is 11.6 Å². The van der Waals surface area contributed by atoms with E-state index in [0.717, 1.165) is 0 Å². The van der Waals surface area contributed by atoms with Gasteiger partial charge in [-0.3, -0.25) is 4.79 Å². The molecule has 166 valence electrons. The smallest absolute Gasteiger partial charge is 0.410 e. The van der Waals surface area contributed by atoms with Crippen molar-refractivity contribution in [3.8, 4) is 0 Å². The summed E-state index contributed by atoms with van der Waals surface area (Å²) in [5.41, 5.74) is -0.108. The summed E-state index contributed by atoms with van der Waals surface area (Å²) < 4.78 is 34.6. The van der Waals surface area contributed by atoms with E-state index in [1.54, 1.807) is 23.1 Å². The molecule has 0 radical (unpaired) electrons. The SMILES string of the molecule is CC(C)(C)OC(=O)N1CCN(c2ccc(NC(=O)c3ccc(Br)cc3F)cc2F)CC1. The van der Waals surface area contributed by atoms with Crippen molar-refractivity contribution in [3.05, 3.63) is 58.1 Å². The van der Waals surface area contributed by atoms with Crippen LogP contribution in [0.4, 0.5) is 25.0 Å². The molecule has 0 atom stereocenters. The van der Waals surface area contributed by atoms with Gasteiger partial charge in [0.2, 0.25) is 0 Å². The zero-order valence-electron chi connectivity index (χ0n) is 17.5. The fourth-order valence-corrected chi connectivity index (χ4v) is 3.50. The van der Waals surface area contributed by atoms with Gasteiger partial charge in [-0.15, -0.1) is 0 Å². The number of amides is 2. The Kier molecular flexibility index (Phi) is 6.83. The van der Waals surface area contributed by atoms with Crippen molar-refractivity contribution >= 4 is 39.3 Å². The monoisotopic (exact) mass is 495 g/mol. The number of rotatable bonds is 3. The van der Waals surface area contributed by atoms with Crippen LogP contribution in [0.5, 0.6) is 0 Å². The number of piperazine rings is 1. The van der Waals surface area contributed by atoms with E-state index >= 15 is 0 Å². The van der Waals surface area contributed by atoms with Gasteiger partial charge in [0.15, 0.2) is 0 Å². The zero-order valence-corrected chi connectivity index (χ0v) is 19.1. The maximum atomic E-state index is 14.7. The normalized spacial score (nSPS) is 14.4. The van der Waals surface area contributed by atoms with E-state index in [0.29, 0.717) is 36.3 Å². The maximum Gasteiger partial charge on any atom is 0.410 e. The summed E-state index contributed by atoms with van der Waals surface area (Å²) in [7, 11) is 0. The molecule has 6 nitrogen and oxygen atoms in total. The molecule has 0 unspecified atom stereocenters. The first-order valence-electron chi connectivity index (χ1n) is 9.82. The number of hydrogen-bond donors (Lipinski definition) is 1. The number of carbonyl (C=O) groups excluding carboxylic acids is 2. The second-order valence-electron chi connectivity index (χ2n) is 8.20. The summed E-state index contributed by atoms with van der Waals surface area (Å²) in [4.78, 5) is 27.9. The number of benzene rings is 2. The molecule has 2 aromatic rings. The van der Waals surface area contributed by atoms with Crippen LogP contribution in [0.3, 0.4) is 0 Å². The summed E-state index contributed by atoms with van der Waals surface area (Å²) in [6.07, 6.45) is -0.383. The molecule has 0 bridgehead atoms. The summed E-state index contributed by atoms with van der Waals surface area (Å²) in [6.45, 7) is 7.15. The Hall–Kier alpha value is -2.68. The Morgan fingerprint density at radius 1 is 1.00 bits per heavy atom. The van der Waals surface area contributed by atoms with Gasteiger partial charge < -0.3 is 19.9 Å². The van der Waals surface area contributed by atoms with Crippen LogP contribution in [0.2, 0.25) is 0 Å². The summed E-state index contributed by atoms with van der Waals surface area (Å²) in [6, 6.07) is 8.42. The van der Waals surface area contributed by atoms with Gasteiger partial charge in [0, 0.05) is 36.3 Å². The lowest BCUT2D eigenvalue weighted by atomic mass is 10.2. The number of hydrogen-bond acceptors (Lipinski definition) is 4. The standard InChI is InChI=1S/C22H24BrF2N3O3/c1-22(2,3)31-21(30)28-10-8-27(9-11-28)19-7-5-15(13-18(19)25)26-20(29)16-6-4-14(23)12-17(16)24/h4-7,12-13H,8-11H2,1-3H3,(H,26,29). The molecule has 2 amide bonds. The molecule has 0 saturated carbocycles. The average Bonchev–Trinajstić information content (AvgIpc) is 2.67. The minimum absolute atomic E-state index is 0.133. The molecular formula is C22H24BrF2N3O3. The third-order valence-corrected chi connectivity index (χ3v) is 5.15. The Balaban J connectivity index is 1.62. The van der Waals surface area contributed by atoms with Gasteiger partial charge in [-0.2, -0.15) is 0 Å². The van der Waals surface area contributed by atoms with Gasteiger partial charge in [-0.05, 0) is 57.2 Å². The summed E-state index contributed by atoms with van der Waals surface area (Å²) in [5.74, 6) is -1.85. The highest BCUT2D eigenvalue weighted by atomic mass is 79.9. The van der Waals surface area contributed by atoms with Gasteiger partial charge in [0.05, 0.1) is 11.3 Å². The van der Waals surface area contributed by atoms with Crippen molar-refractivity contribution in [2.75, 3.05) is 36.4 Å². The Bertz CT molecular complexity index is 986. The lowest BCUT2D eigenvalue weighted by Gasteiger charge is -2.36. The molecule has 1 saturated heterocycles. The van der Waals surface area contributed by atoms with Crippen LogP contribution in [0.1, 0.15) is 31.1 Å². The van der Waals surface area contributed by atoms with Crippen LogP contribution >= 0.6 is 15.9 Å². The number of halogens is 3. The molecular weight excluding hydrogens is 472 g/mol. The fraction of sp³-hybridized carbons (Fsp3) is 0.364. The molecule has 1 heterocycles. The first-order chi connectivity index (χ1) is 14.5. The first kappa shape index (κ1) is 23.0. The number of nitrogens with one attached hydrogen (secondary N) is 1. The third-order valence-electron chi connectivity index (χ3n) is 4.65. The van der Waals surface area contributed by atoms with Crippen LogP contribution in [-0.4, -0.2) is 48.7 Å². The van der Waals surface area contributed by atoms with Gasteiger partial charge >= 0.3 is 6.09 Å². The van der Waals surface area contributed by atoms with Crippen LogP contribution in [-0.2, 0) is 4.74 Å². The lowest BCUT2D eigenvalue weighted by Crippen LogP contribution is -2.50. The number of ether oxygens (including phenoxy) is 1. The molecule has 1 aliphatic heterocycles. The van der Waals surface area contributed by atoms with Crippen molar-refractivity contribution in [1.29, 1.82) is 0 Å². The highest BCUT2D eigenvalue weighted by molar-refractivity contribution is 9.10. The van der Waals surface area contributed by atoms with Gasteiger partial charge in [-0.1, -0.05) is 15.9 Å². The predicted octanol–water partition coefficient (Wildman–Crippen LogP) is 5.04. The quantitative estimate of drug-likeness (QED) is 0.647. The Labute approximate surface area is 188 Å². The molecule has 31 heavy (non-hydrogen) atoms. The number of nitrogens with zero attached hydrogens (tertiary/aromatic N) is 2. The number of carbonyl (C=O) groups is 2. The van der Waals surface area contributed by atoms with Crippen molar-refractivity contribution in [2.24, 2.45) is 0 Å². The van der Waals surface area contributed by atoms with E-state index in [1.165, 1.54) is 18.2 Å². The van der Waals surface area contributed by atoms with Crippen LogP contribution in [0.25, 0.3) is 0 Å². The zero-order chi connectivity index (χ0) is 22.8. The van der Waals surface area contributed by atoms with Gasteiger partial charge in [0.25, 0.3) is 5.91 Å². The van der Waals surface area contributed by atoms with Crippen LogP contribution < -0.4 is 10.2 Å². The molecule has 1 N–H and O–H groups in total. The first-order valence-corrected chi connectivity index (χ1v) is 10.6. The molecule has 9 heteroatoms. The average molecular weight is 496 g/mol. The third kappa shape index (κ3) is 5.94. The lowest BCUT2D eigenvalue weighted by molar-refractivity contribution is 0.0240. The summed E-state index contributed by atoms with van der Waals surface area (Å²) in [5, 5.41) is 2.51. The molecule has 2 aromatic carbocycles. The summed E-state index contributed by atoms with van der Waals surface area (Å²) >= 11 is 3.14. The topological polar surface area (TPSA) is 61.9 Å².